The van der Waals surface area contributed by atoms with E-state index in [9.17, 15) is 14.3 Å². The molecular weight excluding hydrogens is 373 g/mol. The van der Waals surface area contributed by atoms with Crippen molar-refractivity contribution in [1.82, 2.24) is 25.5 Å². The zero-order valence-corrected chi connectivity index (χ0v) is 16.2. The highest BCUT2D eigenvalue weighted by atomic mass is 19.1. The van der Waals surface area contributed by atoms with Gasteiger partial charge in [0.1, 0.15) is 17.7 Å². The number of benzene rings is 2. The number of aryl methyl sites for hydroxylation is 1. The molecular formula is C21H24FN5O2. The summed E-state index contributed by atoms with van der Waals surface area (Å²) in [6, 6.07) is 14.7. The second-order valence-corrected chi connectivity index (χ2v) is 6.86. The van der Waals surface area contributed by atoms with Gasteiger partial charge in [0, 0.05) is 13.0 Å². The molecule has 2 atom stereocenters. The molecule has 3 rings (SSSR count). The zero-order chi connectivity index (χ0) is 20.6. The molecule has 29 heavy (non-hydrogen) atoms. The molecule has 1 aromatic heterocycles. The van der Waals surface area contributed by atoms with E-state index in [1.54, 1.807) is 19.1 Å². The number of tetrazole rings is 1. The minimum Gasteiger partial charge on any atom is -0.396 e. The summed E-state index contributed by atoms with van der Waals surface area (Å²) in [5, 5.41) is 23.8. The predicted molar refractivity (Wildman–Crippen MR) is 105 cm³/mol. The van der Waals surface area contributed by atoms with E-state index in [4.69, 9.17) is 0 Å². The summed E-state index contributed by atoms with van der Waals surface area (Å²) in [5.74, 6) is -0.134. The van der Waals surface area contributed by atoms with Crippen LogP contribution in [-0.4, -0.2) is 37.8 Å². The molecule has 0 unspecified atom stereocenters. The van der Waals surface area contributed by atoms with E-state index >= 15 is 0 Å². The third kappa shape index (κ3) is 5.45. The van der Waals surface area contributed by atoms with E-state index in [0.29, 0.717) is 24.2 Å². The number of rotatable bonds is 9. The van der Waals surface area contributed by atoms with Crippen LogP contribution in [0.5, 0.6) is 0 Å². The number of carbonyl (C=O) groups excluding carboxylic acids is 1. The maximum atomic E-state index is 13.6. The highest BCUT2D eigenvalue weighted by Crippen LogP contribution is 2.22. The number of aromatic nitrogens is 4. The second-order valence-electron chi connectivity index (χ2n) is 6.86. The monoisotopic (exact) mass is 397 g/mol. The zero-order valence-electron chi connectivity index (χ0n) is 16.2. The fourth-order valence-corrected chi connectivity index (χ4v) is 3.27. The lowest BCUT2D eigenvalue weighted by Gasteiger charge is -2.23. The van der Waals surface area contributed by atoms with Crippen LogP contribution in [0.2, 0.25) is 0 Å². The van der Waals surface area contributed by atoms with Crippen LogP contribution in [0, 0.1) is 12.7 Å². The summed E-state index contributed by atoms with van der Waals surface area (Å²) in [5.41, 5.74) is 1.62. The van der Waals surface area contributed by atoms with E-state index in [-0.39, 0.29) is 30.8 Å². The molecule has 1 heterocycles. The van der Waals surface area contributed by atoms with E-state index in [0.717, 1.165) is 5.56 Å². The molecule has 7 nitrogen and oxygen atoms in total. The lowest BCUT2D eigenvalue weighted by atomic mass is 10.00. The molecule has 0 aliphatic rings. The predicted octanol–water partition coefficient (Wildman–Crippen LogP) is 2.53. The number of aliphatic hydroxyl groups excluding tert-OH is 1. The Morgan fingerprint density at radius 2 is 2.00 bits per heavy atom. The normalized spacial score (nSPS) is 13.1. The minimum atomic E-state index is -0.730. The van der Waals surface area contributed by atoms with Crippen LogP contribution in [0.1, 0.15) is 41.9 Å². The second kappa shape index (κ2) is 9.88. The molecule has 0 saturated carbocycles. The lowest BCUT2D eigenvalue weighted by Crippen LogP contribution is -2.37. The van der Waals surface area contributed by atoms with Crippen LogP contribution in [0.3, 0.4) is 0 Å². The summed E-state index contributed by atoms with van der Waals surface area (Å²) >= 11 is 0. The molecule has 8 heteroatoms. The van der Waals surface area contributed by atoms with Crippen LogP contribution < -0.4 is 5.32 Å². The van der Waals surface area contributed by atoms with Gasteiger partial charge in [-0.3, -0.25) is 4.79 Å². The minimum absolute atomic E-state index is 0.0397. The largest absolute Gasteiger partial charge is 0.396 e. The quantitative estimate of drug-likeness (QED) is 0.579. The SMILES string of the molecule is Cc1nnnn1[C@H](Cc1cccc(F)c1)C(=O)N[C@H](CCCO)c1ccccc1. The van der Waals surface area contributed by atoms with E-state index in [1.807, 2.05) is 30.3 Å². The number of amides is 1. The molecule has 2 N–H and O–H groups in total. The van der Waals surface area contributed by atoms with Gasteiger partial charge in [-0.1, -0.05) is 42.5 Å². The number of nitrogens with zero attached hydrogens (tertiary/aromatic N) is 4. The summed E-state index contributed by atoms with van der Waals surface area (Å²) in [6.45, 7) is 1.75. The molecule has 0 spiro atoms. The first kappa shape index (κ1) is 20.6. The first-order valence-electron chi connectivity index (χ1n) is 9.53. The van der Waals surface area contributed by atoms with Crippen LogP contribution in [0.25, 0.3) is 0 Å². The van der Waals surface area contributed by atoms with E-state index in [1.165, 1.54) is 16.8 Å². The van der Waals surface area contributed by atoms with Crippen molar-refractivity contribution in [2.75, 3.05) is 6.61 Å². The Labute approximate surface area is 168 Å². The number of hydrogen-bond acceptors (Lipinski definition) is 5. The maximum absolute atomic E-state index is 13.6. The maximum Gasteiger partial charge on any atom is 0.245 e. The molecule has 0 fully saturated rings. The van der Waals surface area contributed by atoms with Gasteiger partial charge in [-0.05, 0) is 53.5 Å². The third-order valence-electron chi connectivity index (χ3n) is 4.74. The van der Waals surface area contributed by atoms with Crippen molar-refractivity contribution in [2.45, 2.75) is 38.3 Å². The Morgan fingerprint density at radius 1 is 1.21 bits per heavy atom. The van der Waals surface area contributed by atoms with Gasteiger partial charge >= 0.3 is 0 Å². The number of carbonyl (C=O) groups is 1. The molecule has 0 saturated heterocycles. The van der Waals surface area contributed by atoms with Crippen molar-refractivity contribution < 1.29 is 14.3 Å². The Balaban J connectivity index is 1.85. The average molecular weight is 397 g/mol. The van der Waals surface area contributed by atoms with Crippen LogP contribution in [0.15, 0.2) is 54.6 Å². The van der Waals surface area contributed by atoms with Crippen LogP contribution >= 0.6 is 0 Å². The molecule has 152 valence electrons. The number of nitrogens with one attached hydrogen (secondary N) is 1. The van der Waals surface area contributed by atoms with Gasteiger partial charge in [0.05, 0.1) is 6.04 Å². The highest BCUT2D eigenvalue weighted by molar-refractivity contribution is 5.81. The summed E-state index contributed by atoms with van der Waals surface area (Å²) in [6.07, 6.45) is 1.39. The van der Waals surface area contributed by atoms with Gasteiger partial charge in [-0.2, -0.15) is 0 Å². The van der Waals surface area contributed by atoms with Crippen molar-refractivity contribution in [3.05, 3.63) is 77.4 Å². The molecule has 0 aliphatic carbocycles. The molecule has 1 amide bonds. The molecule has 0 bridgehead atoms. The first-order valence-corrected chi connectivity index (χ1v) is 9.53. The molecule has 0 radical (unpaired) electrons. The number of halogens is 1. The fourth-order valence-electron chi connectivity index (χ4n) is 3.27. The van der Waals surface area contributed by atoms with Crippen molar-refractivity contribution >= 4 is 5.91 Å². The standard InChI is InChI=1S/C21H24FN5O2/c1-15-24-25-26-27(15)20(14-16-7-5-10-18(22)13-16)21(29)23-19(11-6-12-28)17-8-3-2-4-9-17/h2-5,7-10,13,19-20,28H,6,11-12,14H2,1H3,(H,23,29)/t19-,20-/m1/s1. The topological polar surface area (TPSA) is 92.9 Å². The Hall–Kier alpha value is -3.13. The van der Waals surface area contributed by atoms with Gasteiger partial charge in [0.25, 0.3) is 0 Å². The number of aliphatic hydroxyl groups is 1. The lowest BCUT2D eigenvalue weighted by molar-refractivity contribution is -0.125. The van der Waals surface area contributed by atoms with Gasteiger partial charge in [-0.25, -0.2) is 9.07 Å². The van der Waals surface area contributed by atoms with Crippen molar-refractivity contribution in [1.29, 1.82) is 0 Å². The summed E-state index contributed by atoms with van der Waals surface area (Å²) < 4.78 is 15.1. The highest BCUT2D eigenvalue weighted by Gasteiger charge is 2.27. The van der Waals surface area contributed by atoms with Gasteiger partial charge in [-0.15, -0.1) is 5.10 Å². The van der Waals surface area contributed by atoms with Gasteiger partial charge < -0.3 is 10.4 Å². The average Bonchev–Trinajstić information content (AvgIpc) is 3.15. The number of hydrogen-bond donors (Lipinski definition) is 2. The van der Waals surface area contributed by atoms with Gasteiger partial charge in [0.15, 0.2) is 0 Å². The Kier molecular flexibility index (Phi) is 7.02. The van der Waals surface area contributed by atoms with Gasteiger partial charge in [0.2, 0.25) is 5.91 Å². The molecule has 0 aliphatic heterocycles. The van der Waals surface area contributed by atoms with Crippen LogP contribution in [0.4, 0.5) is 4.39 Å². The van der Waals surface area contributed by atoms with Crippen molar-refractivity contribution in [3.8, 4) is 0 Å². The Bertz CT molecular complexity index is 932. The third-order valence-corrected chi connectivity index (χ3v) is 4.74. The first-order chi connectivity index (χ1) is 14.1. The van der Waals surface area contributed by atoms with E-state index < -0.39 is 6.04 Å². The summed E-state index contributed by atoms with van der Waals surface area (Å²) in [4.78, 5) is 13.2. The Morgan fingerprint density at radius 3 is 2.66 bits per heavy atom. The molecule has 2 aromatic carbocycles. The fraction of sp³-hybridized carbons (Fsp3) is 0.333. The summed E-state index contributed by atoms with van der Waals surface area (Å²) in [7, 11) is 0. The van der Waals surface area contributed by atoms with Crippen molar-refractivity contribution in [3.63, 3.8) is 0 Å². The smallest absolute Gasteiger partial charge is 0.245 e. The van der Waals surface area contributed by atoms with Crippen molar-refractivity contribution in [2.24, 2.45) is 0 Å². The molecule has 3 aromatic rings. The van der Waals surface area contributed by atoms with Crippen LogP contribution in [-0.2, 0) is 11.2 Å². The van der Waals surface area contributed by atoms with E-state index in [2.05, 4.69) is 20.8 Å².